The lowest BCUT2D eigenvalue weighted by Gasteiger charge is -2.49. The summed E-state index contributed by atoms with van der Waals surface area (Å²) in [7, 11) is 1.67. The van der Waals surface area contributed by atoms with Crippen LogP contribution in [0.5, 0.6) is 5.75 Å². The average Bonchev–Trinajstić information content (AvgIpc) is 2.53. The number of rotatable bonds is 2. The number of hydrogen-bond donors (Lipinski definition) is 0. The van der Waals surface area contributed by atoms with Gasteiger partial charge in [-0.3, -0.25) is 4.79 Å². The summed E-state index contributed by atoms with van der Waals surface area (Å²) in [4.78, 5) is 15.0. The van der Waals surface area contributed by atoms with Crippen LogP contribution in [0.15, 0.2) is 18.2 Å². The third-order valence-corrected chi connectivity index (χ3v) is 5.24. The first-order chi connectivity index (χ1) is 9.59. The van der Waals surface area contributed by atoms with E-state index in [-0.39, 0.29) is 11.3 Å². The van der Waals surface area contributed by atoms with Crippen LogP contribution in [0, 0.1) is 0 Å². The van der Waals surface area contributed by atoms with Gasteiger partial charge in [-0.05, 0) is 55.4 Å². The molecule has 0 bridgehead atoms. The van der Waals surface area contributed by atoms with Crippen molar-refractivity contribution in [3.05, 3.63) is 29.3 Å². The lowest BCUT2D eigenvalue weighted by atomic mass is 9.57. The molecule has 0 aromatic heterocycles. The zero-order chi connectivity index (χ0) is 14.3. The molecule has 2 unspecified atom stereocenters. The number of amides is 1. The van der Waals surface area contributed by atoms with Crippen molar-refractivity contribution in [1.29, 1.82) is 0 Å². The Balaban J connectivity index is 1.92. The van der Waals surface area contributed by atoms with Gasteiger partial charge in [-0.2, -0.15) is 0 Å². The number of fused-ring (bicyclic) bond motifs is 1. The molecule has 3 heteroatoms. The van der Waals surface area contributed by atoms with E-state index in [1.165, 1.54) is 12.0 Å². The highest BCUT2D eigenvalue weighted by Gasteiger charge is 2.52. The molecule has 2 aliphatic rings. The summed E-state index contributed by atoms with van der Waals surface area (Å²) in [6.07, 6.45) is 3.53. The van der Waals surface area contributed by atoms with Gasteiger partial charge in [0.2, 0.25) is 5.91 Å². The van der Waals surface area contributed by atoms with Crippen molar-refractivity contribution >= 4 is 5.91 Å². The fourth-order valence-corrected chi connectivity index (χ4v) is 3.68. The fourth-order valence-electron chi connectivity index (χ4n) is 3.68. The Morgan fingerprint density at radius 1 is 1.30 bits per heavy atom. The van der Waals surface area contributed by atoms with Crippen LogP contribution in [0.4, 0.5) is 0 Å². The standard InChI is InChI=1S/C17H23NO2/c1-12-14-8-7-13(20-3)11-15(14)17(12,2)16(19)18-9-5-4-6-10-18/h7-8,11-12H,4-6,9-10H2,1-3H3. The quantitative estimate of drug-likeness (QED) is 0.828. The second kappa shape index (κ2) is 4.80. The van der Waals surface area contributed by atoms with Crippen LogP contribution in [-0.4, -0.2) is 31.0 Å². The van der Waals surface area contributed by atoms with Crippen LogP contribution in [0.3, 0.4) is 0 Å². The molecule has 1 aromatic carbocycles. The molecular weight excluding hydrogens is 250 g/mol. The first-order valence-corrected chi connectivity index (χ1v) is 7.57. The highest BCUT2D eigenvalue weighted by molar-refractivity contribution is 5.92. The van der Waals surface area contributed by atoms with Gasteiger partial charge in [0.25, 0.3) is 0 Å². The number of methoxy groups -OCH3 is 1. The van der Waals surface area contributed by atoms with Crippen LogP contribution < -0.4 is 4.74 Å². The van der Waals surface area contributed by atoms with Gasteiger partial charge in [-0.1, -0.05) is 13.0 Å². The van der Waals surface area contributed by atoms with Crippen molar-refractivity contribution < 1.29 is 9.53 Å². The maximum atomic E-state index is 13.0. The molecule has 0 radical (unpaired) electrons. The summed E-state index contributed by atoms with van der Waals surface area (Å²) in [6.45, 7) is 6.09. The SMILES string of the molecule is COc1ccc2c(c1)C(C)(C(=O)N1CCCCC1)C2C. The Morgan fingerprint density at radius 2 is 2.00 bits per heavy atom. The van der Waals surface area contributed by atoms with E-state index in [1.54, 1.807) is 7.11 Å². The minimum absolute atomic E-state index is 0.290. The number of carbonyl (C=O) groups excluding carboxylic acids is 1. The molecule has 3 rings (SSSR count). The van der Waals surface area contributed by atoms with Crippen molar-refractivity contribution in [1.82, 2.24) is 4.90 Å². The first kappa shape index (κ1) is 13.5. The van der Waals surface area contributed by atoms with E-state index in [9.17, 15) is 4.79 Å². The highest BCUT2D eigenvalue weighted by Crippen LogP contribution is 2.53. The summed E-state index contributed by atoms with van der Waals surface area (Å²) < 4.78 is 5.31. The summed E-state index contributed by atoms with van der Waals surface area (Å²) in [5, 5.41) is 0. The van der Waals surface area contributed by atoms with Gasteiger partial charge in [0, 0.05) is 13.1 Å². The van der Waals surface area contributed by atoms with Crippen LogP contribution in [0.25, 0.3) is 0 Å². The molecule has 1 aliphatic heterocycles. The van der Waals surface area contributed by atoms with Crippen LogP contribution >= 0.6 is 0 Å². The van der Waals surface area contributed by atoms with Crippen molar-refractivity contribution in [2.24, 2.45) is 0 Å². The molecule has 1 fully saturated rings. The number of benzene rings is 1. The zero-order valence-electron chi connectivity index (χ0n) is 12.6. The summed E-state index contributed by atoms with van der Waals surface area (Å²) >= 11 is 0. The molecular formula is C17H23NO2. The number of carbonyl (C=O) groups is 1. The molecule has 0 N–H and O–H groups in total. The average molecular weight is 273 g/mol. The molecule has 1 heterocycles. The maximum Gasteiger partial charge on any atom is 0.233 e. The minimum atomic E-state index is -0.374. The van der Waals surface area contributed by atoms with E-state index in [0.717, 1.165) is 37.2 Å². The Bertz CT molecular complexity index is 534. The number of nitrogens with zero attached hydrogens (tertiary/aromatic N) is 1. The Morgan fingerprint density at radius 3 is 2.65 bits per heavy atom. The van der Waals surface area contributed by atoms with Gasteiger partial charge in [0.15, 0.2) is 0 Å². The van der Waals surface area contributed by atoms with E-state index >= 15 is 0 Å². The molecule has 1 aromatic rings. The van der Waals surface area contributed by atoms with E-state index in [1.807, 2.05) is 12.1 Å². The molecule has 3 nitrogen and oxygen atoms in total. The van der Waals surface area contributed by atoms with E-state index in [2.05, 4.69) is 24.8 Å². The Labute approximate surface area is 120 Å². The Hall–Kier alpha value is -1.51. The lowest BCUT2D eigenvalue weighted by molar-refractivity contribution is -0.139. The van der Waals surface area contributed by atoms with E-state index < -0.39 is 0 Å². The maximum absolute atomic E-state index is 13.0. The monoisotopic (exact) mass is 273 g/mol. The van der Waals surface area contributed by atoms with Crippen LogP contribution in [-0.2, 0) is 10.2 Å². The smallest absolute Gasteiger partial charge is 0.233 e. The lowest BCUT2D eigenvalue weighted by Crippen LogP contribution is -2.54. The van der Waals surface area contributed by atoms with Crippen molar-refractivity contribution in [3.63, 3.8) is 0 Å². The van der Waals surface area contributed by atoms with Gasteiger partial charge in [-0.15, -0.1) is 0 Å². The minimum Gasteiger partial charge on any atom is -0.497 e. The van der Waals surface area contributed by atoms with Crippen molar-refractivity contribution in [2.75, 3.05) is 20.2 Å². The fraction of sp³-hybridized carbons (Fsp3) is 0.588. The van der Waals surface area contributed by atoms with Crippen LogP contribution in [0.1, 0.15) is 50.2 Å². The van der Waals surface area contributed by atoms with Crippen molar-refractivity contribution in [2.45, 2.75) is 44.4 Å². The molecule has 2 atom stereocenters. The molecule has 1 amide bonds. The summed E-state index contributed by atoms with van der Waals surface area (Å²) in [6, 6.07) is 6.13. The molecule has 0 saturated carbocycles. The molecule has 1 saturated heterocycles. The topological polar surface area (TPSA) is 29.5 Å². The molecule has 20 heavy (non-hydrogen) atoms. The second-order valence-corrected chi connectivity index (χ2v) is 6.23. The van der Waals surface area contributed by atoms with Gasteiger partial charge in [0.1, 0.15) is 5.75 Å². The van der Waals surface area contributed by atoms with Gasteiger partial charge >= 0.3 is 0 Å². The number of piperidine rings is 1. The summed E-state index contributed by atoms with van der Waals surface area (Å²) in [5.74, 6) is 1.43. The first-order valence-electron chi connectivity index (χ1n) is 7.57. The predicted octanol–water partition coefficient (Wildman–Crippen LogP) is 3.08. The zero-order valence-corrected chi connectivity index (χ0v) is 12.6. The van der Waals surface area contributed by atoms with Gasteiger partial charge in [-0.25, -0.2) is 0 Å². The van der Waals surface area contributed by atoms with E-state index in [4.69, 9.17) is 4.74 Å². The van der Waals surface area contributed by atoms with Crippen LogP contribution in [0.2, 0.25) is 0 Å². The van der Waals surface area contributed by atoms with Crippen molar-refractivity contribution in [3.8, 4) is 5.75 Å². The largest absolute Gasteiger partial charge is 0.497 e. The van der Waals surface area contributed by atoms with Gasteiger partial charge in [0.05, 0.1) is 12.5 Å². The predicted molar refractivity (Wildman–Crippen MR) is 79.2 cm³/mol. The second-order valence-electron chi connectivity index (χ2n) is 6.23. The molecule has 0 spiro atoms. The molecule has 108 valence electrons. The molecule has 1 aliphatic carbocycles. The number of hydrogen-bond acceptors (Lipinski definition) is 2. The van der Waals surface area contributed by atoms with E-state index in [0.29, 0.717) is 5.91 Å². The highest BCUT2D eigenvalue weighted by atomic mass is 16.5. The summed E-state index contributed by atoms with van der Waals surface area (Å²) in [5.41, 5.74) is 2.07. The van der Waals surface area contributed by atoms with Gasteiger partial charge < -0.3 is 9.64 Å². The Kier molecular flexibility index (Phi) is 3.23. The number of ether oxygens (including phenoxy) is 1. The third-order valence-electron chi connectivity index (χ3n) is 5.24. The normalized spacial score (nSPS) is 28.6. The number of likely N-dealkylation sites (tertiary alicyclic amines) is 1. The third kappa shape index (κ3) is 1.75.